The maximum absolute atomic E-state index is 12.0. The van der Waals surface area contributed by atoms with Gasteiger partial charge in [-0.1, -0.05) is 18.2 Å². The van der Waals surface area contributed by atoms with Crippen molar-refractivity contribution < 1.29 is 13.2 Å². The Labute approximate surface area is 129 Å². The van der Waals surface area contributed by atoms with Crippen molar-refractivity contribution in [3.8, 4) is 6.07 Å². The summed E-state index contributed by atoms with van der Waals surface area (Å²) in [6.07, 6.45) is 4.13. The number of hydrogen-bond acceptors (Lipinski definition) is 4. The normalized spacial score (nSPS) is 11.3. The standard InChI is InChI=1S/C17H13NO3S/c1-22(20,21)16-8-6-15(7-9-16)17(19)10-5-13-3-2-4-14(11-13)12-18/h2-11H,1H3/b10-5+. The van der Waals surface area contributed by atoms with Crippen molar-refractivity contribution in [2.75, 3.05) is 6.26 Å². The molecule has 0 N–H and O–H groups in total. The van der Waals surface area contributed by atoms with Crippen LogP contribution in [-0.2, 0) is 9.84 Å². The molecule has 0 bridgehead atoms. The Hall–Kier alpha value is -2.71. The van der Waals surface area contributed by atoms with Crippen molar-refractivity contribution >= 4 is 21.7 Å². The highest BCUT2D eigenvalue weighted by Gasteiger charge is 2.08. The van der Waals surface area contributed by atoms with Gasteiger partial charge in [0, 0.05) is 11.8 Å². The number of nitrogens with zero attached hydrogens (tertiary/aromatic N) is 1. The second-order valence-corrected chi connectivity index (χ2v) is 6.75. The zero-order valence-electron chi connectivity index (χ0n) is 11.9. The summed E-state index contributed by atoms with van der Waals surface area (Å²) in [7, 11) is -3.27. The highest BCUT2D eigenvalue weighted by Crippen LogP contribution is 2.12. The molecule has 0 fully saturated rings. The molecule has 0 atom stereocenters. The fraction of sp³-hybridized carbons (Fsp3) is 0.0588. The molecule has 110 valence electrons. The summed E-state index contributed by atoms with van der Waals surface area (Å²) >= 11 is 0. The summed E-state index contributed by atoms with van der Waals surface area (Å²) < 4.78 is 22.7. The number of ketones is 1. The third kappa shape index (κ3) is 3.90. The summed E-state index contributed by atoms with van der Waals surface area (Å²) in [5.74, 6) is -0.234. The molecule has 0 unspecified atom stereocenters. The highest BCUT2D eigenvalue weighted by molar-refractivity contribution is 7.90. The van der Waals surface area contributed by atoms with Gasteiger partial charge in [-0.3, -0.25) is 4.79 Å². The molecule has 5 heteroatoms. The van der Waals surface area contributed by atoms with E-state index in [4.69, 9.17) is 5.26 Å². The lowest BCUT2D eigenvalue weighted by Crippen LogP contribution is -1.99. The van der Waals surface area contributed by atoms with Crippen LogP contribution in [-0.4, -0.2) is 20.5 Å². The summed E-state index contributed by atoms with van der Waals surface area (Å²) in [5.41, 5.74) is 1.67. The molecule has 0 aliphatic rings. The Bertz CT molecular complexity index is 873. The first-order valence-electron chi connectivity index (χ1n) is 6.43. The lowest BCUT2D eigenvalue weighted by molar-refractivity contribution is 0.104. The fourth-order valence-corrected chi connectivity index (χ4v) is 2.48. The molecule has 2 rings (SSSR count). The molecule has 2 aromatic rings. The van der Waals surface area contributed by atoms with E-state index in [1.807, 2.05) is 6.07 Å². The second kappa shape index (κ2) is 6.37. The van der Waals surface area contributed by atoms with Gasteiger partial charge in [0.15, 0.2) is 15.6 Å². The highest BCUT2D eigenvalue weighted by atomic mass is 32.2. The molecule has 4 nitrogen and oxygen atoms in total. The van der Waals surface area contributed by atoms with Gasteiger partial charge in [0.2, 0.25) is 0 Å². The molecule has 0 aromatic heterocycles. The van der Waals surface area contributed by atoms with E-state index in [0.717, 1.165) is 11.8 Å². The minimum atomic E-state index is -3.27. The summed E-state index contributed by atoms with van der Waals surface area (Å²) in [6.45, 7) is 0. The molecule has 0 saturated carbocycles. The van der Waals surface area contributed by atoms with Crippen molar-refractivity contribution in [3.05, 3.63) is 71.3 Å². The lowest BCUT2D eigenvalue weighted by Gasteiger charge is -2.00. The molecule has 0 spiro atoms. The first kappa shape index (κ1) is 15.7. The number of carbonyl (C=O) groups excluding carboxylic acids is 1. The van der Waals surface area contributed by atoms with Crippen molar-refractivity contribution in [1.29, 1.82) is 5.26 Å². The third-order valence-electron chi connectivity index (χ3n) is 3.01. The molecule has 22 heavy (non-hydrogen) atoms. The molecule has 0 saturated heterocycles. The van der Waals surface area contributed by atoms with Crippen molar-refractivity contribution in [2.45, 2.75) is 4.90 Å². The molecule has 0 heterocycles. The summed E-state index contributed by atoms with van der Waals surface area (Å²) in [6, 6.07) is 14.7. The van der Waals surface area contributed by atoms with Gasteiger partial charge in [-0.2, -0.15) is 5.26 Å². The average Bonchev–Trinajstić information content (AvgIpc) is 2.52. The quantitative estimate of drug-likeness (QED) is 0.642. The van der Waals surface area contributed by atoms with E-state index in [0.29, 0.717) is 11.1 Å². The molecule has 0 aliphatic carbocycles. The predicted molar refractivity (Wildman–Crippen MR) is 84.1 cm³/mol. The average molecular weight is 311 g/mol. The largest absolute Gasteiger partial charge is 0.289 e. The summed E-state index contributed by atoms with van der Waals surface area (Å²) in [4.78, 5) is 12.2. The molecular weight excluding hydrogens is 298 g/mol. The lowest BCUT2D eigenvalue weighted by atomic mass is 10.1. The zero-order chi connectivity index (χ0) is 16.2. The molecule has 0 amide bonds. The van der Waals surface area contributed by atoms with Crippen LogP contribution in [0.4, 0.5) is 0 Å². The maximum Gasteiger partial charge on any atom is 0.185 e. The molecule has 0 radical (unpaired) electrons. The number of carbonyl (C=O) groups is 1. The minimum absolute atomic E-state index is 0.176. The van der Waals surface area contributed by atoms with Crippen molar-refractivity contribution in [1.82, 2.24) is 0 Å². The summed E-state index contributed by atoms with van der Waals surface area (Å²) in [5, 5.41) is 8.82. The molecule has 0 aliphatic heterocycles. The van der Waals surface area contributed by atoms with E-state index >= 15 is 0 Å². The Morgan fingerprint density at radius 3 is 2.41 bits per heavy atom. The predicted octanol–water partition coefficient (Wildman–Crippen LogP) is 2.86. The van der Waals surface area contributed by atoms with E-state index < -0.39 is 9.84 Å². The molecular formula is C17H13NO3S. The van der Waals surface area contributed by atoms with Crippen LogP contribution in [0.5, 0.6) is 0 Å². The van der Waals surface area contributed by atoms with Crippen LogP contribution in [0.2, 0.25) is 0 Å². The van der Waals surface area contributed by atoms with Gasteiger partial charge < -0.3 is 0 Å². The SMILES string of the molecule is CS(=O)(=O)c1ccc(C(=O)/C=C/c2cccc(C#N)c2)cc1. The number of hydrogen-bond donors (Lipinski definition) is 0. The number of sulfone groups is 1. The van der Waals surface area contributed by atoms with Gasteiger partial charge in [-0.25, -0.2) is 8.42 Å². The first-order chi connectivity index (χ1) is 10.4. The van der Waals surface area contributed by atoms with E-state index in [-0.39, 0.29) is 10.7 Å². The van der Waals surface area contributed by atoms with Gasteiger partial charge in [0.05, 0.1) is 16.5 Å². The minimum Gasteiger partial charge on any atom is -0.289 e. The number of nitriles is 1. The van der Waals surface area contributed by atoms with Crippen LogP contribution in [0.3, 0.4) is 0 Å². The topological polar surface area (TPSA) is 75.0 Å². The Morgan fingerprint density at radius 2 is 1.82 bits per heavy atom. The maximum atomic E-state index is 12.0. The molecule has 2 aromatic carbocycles. The Balaban J connectivity index is 2.18. The van der Waals surface area contributed by atoms with Crippen LogP contribution in [0.15, 0.2) is 59.5 Å². The van der Waals surface area contributed by atoms with Gasteiger partial charge in [-0.05, 0) is 48.0 Å². The van der Waals surface area contributed by atoms with Crippen molar-refractivity contribution in [2.24, 2.45) is 0 Å². The smallest absolute Gasteiger partial charge is 0.185 e. The van der Waals surface area contributed by atoms with Crippen LogP contribution >= 0.6 is 0 Å². The van der Waals surface area contributed by atoms with Gasteiger partial charge in [0.25, 0.3) is 0 Å². The van der Waals surface area contributed by atoms with E-state index in [1.165, 1.54) is 30.3 Å². The van der Waals surface area contributed by atoms with Gasteiger partial charge >= 0.3 is 0 Å². The van der Waals surface area contributed by atoms with E-state index in [9.17, 15) is 13.2 Å². The number of rotatable bonds is 4. The van der Waals surface area contributed by atoms with Gasteiger partial charge in [0.1, 0.15) is 0 Å². The van der Waals surface area contributed by atoms with Crippen LogP contribution < -0.4 is 0 Å². The fourth-order valence-electron chi connectivity index (χ4n) is 1.85. The second-order valence-electron chi connectivity index (χ2n) is 4.73. The van der Waals surface area contributed by atoms with E-state index in [2.05, 4.69) is 0 Å². The van der Waals surface area contributed by atoms with Crippen molar-refractivity contribution in [3.63, 3.8) is 0 Å². The van der Waals surface area contributed by atoms with Crippen LogP contribution in [0, 0.1) is 11.3 Å². The first-order valence-corrected chi connectivity index (χ1v) is 8.32. The number of benzene rings is 2. The van der Waals surface area contributed by atoms with Crippen LogP contribution in [0.1, 0.15) is 21.5 Å². The Kier molecular flexibility index (Phi) is 4.54. The Morgan fingerprint density at radius 1 is 1.14 bits per heavy atom. The number of allylic oxidation sites excluding steroid dienone is 1. The zero-order valence-corrected chi connectivity index (χ0v) is 12.7. The monoisotopic (exact) mass is 311 g/mol. The van der Waals surface area contributed by atoms with Gasteiger partial charge in [-0.15, -0.1) is 0 Å². The third-order valence-corrected chi connectivity index (χ3v) is 4.14. The van der Waals surface area contributed by atoms with E-state index in [1.54, 1.807) is 30.3 Å². The van der Waals surface area contributed by atoms with Crippen LogP contribution in [0.25, 0.3) is 6.08 Å².